The predicted octanol–water partition coefficient (Wildman–Crippen LogP) is 3.23. The van der Waals surface area contributed by atoms with Gasteiger partial charge in [0.2, 0.25) is 0 Å². The highest BCUT2D eigenvalue weighted by atomic mass is 79.9. The Balaban J connectivity index is 2.66. The molecule has 2 rings (SSSR count). The average molecular weight is 340 g/mol. The molecule has 2 N–H and O–H groups in total. The SMILES string of the molecule is COc1cc(Br)cc(-c2cnn(C)c2N)c1OC(C)C. The van der Waals surface area contributed by atoms with E-state index < -0.39 is 0 Å². The second-order valence-electron chi connectivity index (χ2n) is 4.72. The number of nitrogens with two attached hydrogens (primary N) is 1. The van der Waals surface area contributed by atoms with Gasteiger partial charge in [0.15, 0.2) is 11.5 Å². The Labute approximate surface area is 126 Å². The molecule has 0 aliphatic carbocycles. The van der Waals surface area contributed by atoms with Crippen LogP contribution in [0.3, 0.4) is 0 Å². The van der Waals surface area contributed by atoms with Gasteiger partial charge in [-0.3, -0.25) is 4.68 Å². The third kappa shape index (κ3) is 2.75. The molecule has 108 valence electrons. The van der Waals surface area contributed by atoms with E-state index in [0.29, 0.717) is 17.3 Å². The highest BCUT2D eigenvalue weighted by molar-refractivity contribution is 9.10. The third-order valence-corrected chi connectivity index (χ3v) is 3.33. The summed E-state index contributed by atoms with van der Waals surface area (Å²) < 4.78 is 13.8. The smallest absolute Gasteiger partial charge is 0.169 e. The van der Waals surface area contributed by atoms with E-state index in [4.69, 9.17) is 15.2 Å². The van der Waals surface area contributed by atoms with Gasteiger partial charge in [0.1, 0.15) is 5.82 Å². The lowest BCUT2D eigenvalue weighted by Crippen LogP contribution is -2.08. The second-order valence-corrected chi connectivity index (χ2v) is 5.63. The van der Waals surface area contributed by atoms with Crippen LogP contribution in [0.15, 0.2) is 22.8 Å². The van der Waals surface area contributed by atoms with Crippen LogP contribution in [-0.2, 0) is 7.05 Å². The molecule has 0 saturated heterocycles. The molecule has 0 amide bonds. The van der Waals surface area contributed by atoms with Crippen molar-refractivity contribution in [2.75, 3.05) is 12.8 Å². The quantitative estimate of drug-likeness (QED) is 0.928. The first-order valence-electron chi connectivity index (χ1n) is 6.26. The average Bonchev–Trinajstić information content (AvgIpc) is 2.71. The number of hydrogen-bond acceptors (Lipinski definition) is 4. The van der Waals surface area contributed by atoms with Crippen LogP contribution in [0.5, 0.6) is 11.5 Å². The zero-order valence-corrected chi connectivity index (χ0v) is 13.6. The molecule has 0 aliphatic rings. The zero-order chi connectivity index (χ0) is 14.9. The van der Waals surface area contributed by atoms with Crippen LogP contribution in [0.2, 0.25) is 0 Å². The normalized spacial score (nSPS) is 10.9. The molecule has 0 spiro atoms. The van der Waals surface area contributed by atoms with Crippen LogP contribution in [0.4, 0.5) is 5.82 Å². The summed E-state index contributed by atoms with van der Waals surface area (Å²) in [4.78, 5) is 0. The number of hydrogen-bond donors (Lipinski definition) is 1. The number of nitrogen functional groups attached to an aromatic ring is 1. The van der Waals surface area contributed by atoms with Gasteiger partial charge in [0, 0.05) is 22.6 Å². The first-order chi connectivity index (χ1) is 9.43. The fourth-order valence-corrected chi connectivity index (χ4v) is 2.37. The van der Waals surface area contributed by atoms with E-state index in [2.05, 4.69) is 21.0 Å². The summed E-state index contributed by atoms with van der Waals surface area (Å²) in [5, 5.41) is 4.18. The lowest BCUT2D eigenvalue weighted by atomic mass is 10.1. The van der Waals surface area contributed by atoms with Crippen LogP contribution < -0.4 is 15.2 Å². The molecule has 0 atom stereocenters. The van der Waals surface area contributed by atoms with Gasteiger partial charge in [-0.15, -0.1) is 0 Å². The third-order valence-electron chi connectivity index (χ3n) is 2.87. The largest absolute Gasteiger partial charge is 0.493 e. The van der Waals surface area contributed by atoms with Crippen LogP contribution in [0.25, 0.3) is 11.1 Å². The van der Waals surface area contributed by atoms with Crippen molar-refractivity contribution in [3.05, 3.63) is 22.8 Å². The summed E-state index contributed by atoms with van der Waals surface area (Å²) in [7, 11) is 3.42. The summed E-state index contributed by atoms with van der Waals surface area (Å²) in [6.07, 6.45) is 1.76. The number of aryl methyl sites for hydroxylation is 1. The first-order valence-corrected chi connectivity index (χ1v) is 7.05. The summed E-state index contributed by atoms with van der Waals surface area (Å²) in [6, 6.07) is 3.82. The maximum Gasteiger partial charge on any atom is 0.169 e. The van der Waals surface area contributed by atoms with E-state index in [1.165, 1.54) is 0 Å². The van der Waals surface area contributed by atoms with E-state index in [-0.39, 0.29) is 6.10 Å². The topological polar surface area (TPSA) is 62.3 Å². The van der Waals surface area contributed by atoms with Gasteiger partial charge in [0.25, 0.3) is 0 Å². The standard InChI is InChI=1S/C14H18BrN3O2/c1-8(2)20-13-10(5-9(15)6-12(13)19-4)11-7-17-18(3)14(11)16/h5-8H,16H2,1-4H3. The minimum absolute atomic E-state index is 0.0294. The van der Waals surface area contributed by atoms with Gasteiger partial charge in [-0.1, -0.05) is 15.9 Å². The van der Waals surface area contributed by atoms with Crippen molar-refractivity contribution in [1.82, 2.24) is 9.78 Å². The summed E-state index contributed by atoms with van der Waals surface area (Å²) in [6.45, 7) is 3.94. The predicted molar refractivity (Wildman–Crippen MR) is 83.1 cm³/mol. The number of aromatic nitrogens is 2. The molecule has 0 unspecified atom stereocenters. The second kappa shape index (κ2) is 5.75. The molecule has 6 heteroatoms. The molecule has 0 aliphatic heterocycles. The number of ether oxygens (including phenoxy) is 2. The van der Waals surface area contributed by atoms with Crippen molar-refractivity contribution in [1.29, 1.82) is 0 Å². The number of benzene rings is 1. The van der Waals surface area contributed by atoms with Gasteiger partial charge < -0.3 is 15.2 Å². The van der Waals surface area contributed by atoms with Gasteiger partial charge in [-0.25, -0.2) is 0 Å². The van der Waals surface area contributed by atoms with Gasteiger partial charge in [-0.05, 0) is 26.0 Å². The van der Waals surface area contributed by atoms with E-state index in [1.54, 1.807) is 25.0 Å². The molecular weight excluding hydrogens is 322 g/mol. The van der Waals surface area contributed by atoms with E-state index in [0.717, 1.165) is 15.6 Å². The molecule has 0 fully saturated rings. The van der Waals surface area contributed by atoms with E-state index in [9.17, 15) is 0 Å². The van der Waals surface area contributed by atoms with Crippen molar-refractivity contribution in [2.24, 2.45) is 7.05 Å². The monoisotopic (exact) mass is 339 g/mol. The van der Waals surface area contributed by atoms with Gasteiger partial charge in [0.05, 0.1) is 19.4 Å². The maximum atomic E-state index is 6.06. The molecule has 20 heavy (non-hydrogen) atoms. The van der Waals surface area contributed by atoms with Crippen LogP contribution in [0, 0.1) is 0 Å². The van der Waals surface area contributed by atoms with Crippen molar-refractivity contribution >= 4 is 21.7 Å². The highest BCUT2D eigenvalue weighted by Crippen LogP contribution is 2.43. The lowest BCUT2D eigenvalue weighted by Gasteiger charge is -2.18. The fourth-order valence-electron chi connectivity index (χ4n) is 1.93. The highest BCUT2D eigenvalue weighted by Gasteiger charge is 2.19. The number of methoxy groups -OCH3 is 1. The lowest BCUT2D eigenvalue weighted by molar-refractivity contribution is 0.231. The number of rotatable bonds is 4. The molecule has 1 aromatic heterocycles. The minimum atomic E-state index is 0.0294. The molecular formula is C14H18BrN3O2. The van der Waals surface area contributed by atoms with Crippen LogP contribution in [0.1, 0.15) is 13.8 Å². The number of nitrogens with zero attached hydrogens (tertiary/aromatic N) is 2. The Morgan fingerprint density at radius 3 is 2.50 bits per heavy atom. The molecule has 1 aromatic carbocycles. The molecule has 2 aromatic rings. The molecule has 0 saturated carbocycles. The van der Waals surface area contributed by atoms with Crippen LogP contribution in [-0.4, -0.2) is 23.0 Å². The Kier molecular flexibility index (Phi) is 4.23. The Bertz CT molecular complexity index is 623. The van der Waals surface area contributed by atoms with Crippen molar-refractivity contribution < 1.29 is 9.47 Å². The zero-order valence-electron chi connectivity index (χ0n) is 12.0. The summed E-state index contributed by atoms with van der Waals surface area (Å²) >= 11 is 3.48. The van der Waals surface area contributed by atoms with E-state index >= 15 is 0 Å². The van der Waals surface area contributed by atoms with Gasteiger partial charge in [-0.2, -0.15) is 5.10 Å². The number of halogens is 1. The van der Waals surface area contributed by atoms with Crippen molar-refractivity contribution in [2.45, 2.75) is 20.0 Å². The Morgan fingerprint density at radius 1 is 1.30 bits per heavy atom. The van der Waals surface area contributed by atoms with Crippen LogP contribution >= 0.6 is 15.9 Å². The van der Waals surface area contributed by atoms with Crippen molar-refractivity contribution in [3.63, 3.8) is 0 Å². The minimum Gasteiger partial charge on any atom is -0.493 e. The first kappa shape index (κ1) is 14.7. The van der Waals surface area contributed by atoms with Crippen molar-refractivity contribution in [3.8, 4) is 22.6 Å². The summed E-state index contributed by atoms with van der Waals surface area (Å²) in [5.74, 6) is 1.91. The number of anilines is 1. The molecule has 1 heterocycles. The maximum absolute atomic E-state index is 6.06. The molecule has 5 nitrogen and oxygen atoms in total. The molecule has 0 bridgehead atoms. The van der Waals surface area contributed by atoms with E-state index in [1.807, 2.05) is 26.0 Å². The Hall–Kier alpha value is -1.69. The molecule has 0 radical (unpaired) electrons. The summed E-state index contributed by atoms with van der Waals surface area (Å²) in [5.41, 5.74) is 7.74. The Morgan fingerprint density at radius 2 is 2.00 bits per heavy atom. The van der Waals surface area contributed by atoms with Gasteiger partial charge >= 0.3 is 0 Å². The fraction of sp³-hybridized carbons (Fsp3) is 0.357.